The van der Waals surface area contributed by atoms with Crippen LogP contribution in [0.15, 0.2) is 23.1 Å². The van der Waals surface area contributed by atoms with Gasteiger partial charge in [0.25, 0.3) is 0 Å². The lowest BCUT2D eigenvalue weighted by Gasteiger charge is -1.92. The molecule has 47 valence electrons. The van der Waals surface area contributed by atoms with Crippen LogP contribution in [-0.4, -0.2) is 0 Å². The van der Waals surface area contributed by atoms with Gasteiger partial charge in [0.1, 0.15) is 0 Å². The maximum atomic E-state index is 5.62. The lowest BCUT2D eigenvalue weighted by Crippen LogP contribution is -1.67. The van der Waals surface area contributed by atoms with E-state index in [4.69, 9.17) is 35.8 Å². The predicted molar refractivity (Wildman–Crippen MR) is 42.3 cm³/mol. The molecule has 0 fully saturated rings. The van der Waals surface area contributed by atoms with Gasteiger partial charge in [-0.1, -0.05) is 35.8 Å². The Morgan fingerprint density at radius 2 is 1.89 bits per heavy atom. The first-order chi connectivity index (χ1) is 4.20. The third kappa shape index (κ3) is 1.71. The summed E-state index contributed by atoms with van der Waals surface area (Å²) in [6.07, 6.45) is 0. The van der Waals surface area contributed by atoms with Crippen molar-refractivity contribution >= 4 is 35.8 Å². The summed E-state index contributed by atoms with van der Waals surface area (Å²) in [5, 5.41) is 1.21. The van der Waals surface area contributed by atoms with Crippen LogP contribution in [0.4, 0.5) is 0 Å². The van der Waals surface area contributed by atoms with E-state index in [-0.39, 0.29) is 0 Å². The standard InChI is InChI=1S/C6H3Cl2S/c7-4-1-2-5(8)6(9)3-4/h1-3H. The van der Waals surface area contributed by atoms with Crippen LogP contribution in [0, 0.1) is 0 Å². The molecule has 0 spiro atoms. The van der Waals surface area contributed by atoms with Crippen LogP contribution in [0.25, 0.3) is 0 Å². The molecule has 0 nitrogen and oxygen atoms in total. The summed E-state index contributed by atoms with van der Waals surface area (Å²) in [5.74, 6) is 0. The van der Waals surface area contributed by atoms with E-state index in [1.54, 1.807) is 18.2 Å². The number of halogens is 2. The maximum absolute atomic E-state index is 5.62. The summed E-state index contributed by atoms with van der Waals surface area (Å²) in [5.41, 5.74) is 0. The van der Waals surface area contributed by atoms with E-state index in [2.05, 4.69) is 0 Å². The molecule has 0 unspecified atom stereocenters. The van der Waals surface area contributed by atoms with E-state index in [1.165, 1.54) is 0 Å². The molecule has 3 heteroatoms. The molecular formula is C6H3Cl2S. The van der Waals surface area contributed by atoms with Gasteiger partial charge in [-0.15, -0.1) is 0 Å². The van der Waals surface area contributed by atoms with Gasteiger partial charge in [-0.25, -0.2) is 0 Å². The fourth-order valence-corrected chi connectivity index (χ4v) is 1.03. The van der Waals surface area contributed by atoms with E-state index < -0.39 is 0 Å². The molecule has 0 bridgehead atoms. The Balaban J connectivity index is 3.17. The molecule has 0 amide bonds. The third-order valence-electron chi connectivity index (χ3n) is 0.893. The highest BCUT2D eigenvalue weighted by Gasteiger charge is 1.94. The van der Waals surface area contributed by atoms with Gasteiger partial charge in [0.2, 0.25) is 0 Å². The number of hydrogen-bond acceptors (Lipinski definition) is 0. The van der Waals surface area contributed by atoms with Crippen LogP contribution >= 0.6 is 35.8 Å². The van der Waals surface area contributed by atoms with Crippen LogP contribution < -0.4 is 0 Å². The lowest BCUT2D eigenvalue weighted by molar-refractivity contribution is 1.48. The molecule has 1 aromatic carbocycles. The normalized spacial score (nSPS) is 9.56. The number of benzene rings is 1. The minimum atomic E-state index is 0.578. The number of rotatable bonds is 0. The Kier molecular flexibility index (Phi) is 2.17. The highest BCUT2D eigenvalue weighted by atomic mass is 35.5. The van der Waals surface area contributed by atoms with Crippen molar-refractivity contribution in [1.82, 2.24) is 0 Å². The number of hydrogen-bond donors (Lipinski definition) is 0. The molecule has 0 atom stereocenters. The SMILES string of the molecule is [S]c1cc(Cl)ccc1Cl. The van der Waals surface area contributed by atoms with Crippen molar-refractivity contribution in [3.63, 3.8) is 0 Å². The zero-order chi connectivity index (χ0) is 6.85. The fourth-order valence-electron chi connectivity index (χ4n) is 0.477. The second-order valence-electron chi connectivity index (χ2n) is 1.57. The Labute approximate surface area is 69.2 Å². The molecule has 0 heterocycles. The van der Waals surface area contributed by atoms with E-state index >= 15 is 0 Å². The van der Waals surface area contributed by atoms with Crippen molar-refractivity contribution < 1.29 is 0 Å². The molecule has 0 saturated heterocycles. The molecular weight excluding hydrogens is 175 g/mol. The smallest absolute Gasteiger partial charge is 0.0587 e. The van der Waals surface area contributed by atoms with Crippen LogP contribution in [0.2, 0.25) is 10.0 Å². The molecule has 0 aliphatic carbocycles. The topological polar surface area (TPSA) is 0 Å². The Hall–Kier alpha value is 0.0200. The third-order valence-corrected chi connectivity index (χ3v) is 1.91. The van der Waals surface area contributed by atoms with Crippen molar-refractivity contribution in [3.05, 3.63) is 28.2 Å². The van der Waals surface area contributed by atoms with Gasteiger partial charge < -0.3 is 0 Å². The van der Waals surface area contributed by atoms with Gasteiger partial charge >= 0.3 is 0 Å². The molecule has 1 rings (SSSR count). The van der Waals surface area contributed by atoms with Crippen molar-refractivity contribution in [3.8, 4) is 0 Å². The van der Waals surface area contributed by atoms with Crippen LogP contribution in [0.1, 0.15) is 0 Å². The Morgan fingerprint density at radius 3 is 2.33 bits per heavy atom. The molecule has 0 saturated carbocycles. The van der Waals surface area contributed by atoms with Gasteiger partial charge in [-0.2, -0.15) is 0 Å². The van der Waals surface area contributed by atoms with Crippen LogP contribution in [0.3, 0.4) is 0 Å². The largest absolute Gasteiger partial charge is 0.0843 e. The molecule has 9 heavy (non-hydrogen) atoms. The molecule has 0 aromatic heterocycles. The monoisotopic (exact) mass is 177 g/mol. The van der Waals surface area contributed by atoms with Crippen LogP contribution in [0.5, 0.6) is 0 Å². The van der Waals surface area contributed by atoms with Gasteiger partial charge in [-0.05, 0) is 18.2 Å². The lowest BCUT2D eigenvalue weighted by atomic mass is 10.4. The van der Waals surface area contributed by atoms with Crippen molar-refractivity contribution in [1.29, 1.82) is 0 Å². The fraction of sp³-hybridized carbons (Fsp3) is 0. The summed E-state index contributed by atoms with van der Waals surface area (Å²) in [6, 6.07) is 5.05. The Bertz CT molecular complexity index is 222. The van der Waals surface area contributed by atoms with Gasteiger partial charge in [0.05, 0.1) is 9.92 Å². The minimum absolute atomic E-state index is 0.578. The highest BCUT2D eigenvalue weighted by Crippen LogP contribution is 2.22. The molecule has 1 aromatic rings. The van der Waals surface area contributed by atoms with Gasteiger partial charge in [-0.3, -0.25) is 0 Å². The van der Waals surface area contributed by atoms with Crippen LogP contribution in [-0.2, 0) is 0 Å². The highest BCUT2D eigenvalue weighted by molar-refractivity contribution is 7.80. The maximum Gasteiger partial charge on any atom is 0.0587 e. The van der Waals surface area contributed by atoms with Gasteiger partial charge in [0.15, 0.2) is 0 Å². The minimum Gasteiger partial charge on any atom is -0.0843 e. The van der Waals surface area contributed by atoms with E-state index in [1.807, 2.05) is 0 Å². The summed E-state index contributed by atoms with van der Waals surface area (Å²) in [6.45, 7) is 0. The van der Waals surface area contributed by atoms with Crippen molar-refractivity contribution in [2.24, 2.45) is 0 Å². The zero-order valence-corrected chi connectivity index (χ0v) is 6.72. The summed E-state index contributed by atoms with van der Waals surface area (Å²) < 4.78 is 0. The van der Waals surface area contributed by atoms with E-state index in [0.29, 0.717) is 14.9 Å². The quantitative estimate of drug-likeness (QED) is 0.569. The predicted octanol–water partition coefficient (Wildman–Crippen LogP) is 3.55. The first kappa shape index (κ1) is 7.13. The summed E-state index contributed by atoms with van der Waals surface area (Å²) in [4.78, 5) is 0.601. The van der Waals surface area contributed by atoms with E-state index in [0.717, 1.165) is 0 Å². The first-order valence-electron chi connectivity index (χ1n) is 2.32. The zero-order valence-electron chi connectivity index (χ0n) is 4.40. The Morgan fingerprint density at radius 1 is 1.22 bits per heavy atom. The van der Waals surface area contributed by atoms with Crippen molar-refractivity contribution in [2.45, 2.75) is 4.90 Å². The second kappa shape index (κ2) is 2.74. The molecule has 0 aliphatic heterocycles. The first-order valence-corrected chi connectivity index (χ1v) is 3.48. The van der Waals surface area contributed by atoms with E-state index in [9.17, 15) is 0 Å². The summed E-state index contributed by atoms with van der Waals surface area (Å²) in [7, 11) is 0. The molecule has 0 N–H and O–H groups in total. The molecule has 0 aliphatic rings. The molecule has 1 radical (unpaired) electrons. The van der Waals surface area contributed by atoms with Gasteiger partial charge in [0, 0.05) is 5.02 Å². The average Bonchev–Trinajstić information content (AvgIpc) is 1.80. The average molecular weight is 178 g/mol. The second-order valence-corrected chi connectivity index (χ2v) is 2.86. The van der Waals surface area contributed by atoms with Crippen molar-refractivity contribution in [2.75, 3.05) is 0 Å². The summed E-state index contributed by atoms with van der Waals surface area (Å²) >= 11 is 16.0.